The van der Waals surface area contributed by atoms with Crippen LogP contribution in [0.1, 0.15) is 42.5 Å². The Kier molecular flexibility index (Phi) is 9.14. The van der Waals surface area contributed by atoms with Gasteiger partial charge >= 0.3 is 0 Å². The highest BCUT2D eigenvalue weighted by atomic mass is 79.9. The summed E-state index contributed by atoms with van der Waals surface area (Å²) in [6.45, 7) is 7.38. The number of fused-ring (bicyclic) bond motifs is 3. The van der Waals surface area contributed by atoms with Crippen molar-refractivity contribution >= 4 is 62.1 Å². The maximum atomic E-state index is 5.98. The van der Waals surface area contributed by atoms with Gasteiger partial charge in [0.05, 0.1) is 9.99 Å². The van der Waals surface area contributed by atoms with Crippen molar-refractivity contribution in [3.8, 4) is 11.4 Å². The third-order valence-corrected chi connectivity index (χ3v) is 9.53. The number of pyridine rings is 1. The number of hydrogen-bond acceptors (Lipinski definition) is 7. The molecule has 3 aromatic heterocycles. The molecule has 0 fully saturated rings. The lowest BCUT2D eigenvalue weighted by molar-refractivity contribution is 0.283. The van der Waals surface area contributed by atoms with Crippen molar-refractivity contribution in [2.24, 2.45) is 7.05 Å². The average molecular weight is 642 g/mol. The van der Waals surface area contributed by atoms with E-state index in [9.17, 15) is 0 Å². The molecule has 0 amide bonds. The third kappa shape index (κ3) is 5.79. The van der Waals surface area contributed by atoms with Gasteiger partial charge in [-0.25, -0.2) is 4.98 Å². The smallest absolute Gasteiger partial charge is 0.195 e. The van der Waals surface area contributed by atoms with Crippen molar-refractivity contribution in [1.82, 2.24) is 29.6 Å². The van der Waals surface area contributed by atoms with Gasteiger partial charge in [0, 0.05) is 49.0 Å². The normalized spacial score (nSPS) is 13.9. The van der Waals surface area contributed by atoms with Gasteiger partial charge in [0.1, 0.15) is 5.52 Å². The van der Waals surface area contributed by atoms with Crippen molar-refractivity contribution in [3.63, 3.8) is 0 Å². The molecule has 2 aromatic carbocycles. The molecule has 5 aromatic rings. The Morgan fingerprint density at radius 1 is 1.02 bits per heavy atom. The van der Waals surface area contributed by atoms with E-state index in [0.29, 0.717) is 0 Å². The molecule has 6 rings (SSSR count). The van der Waals surface area contributed by atoms with Crippen LogP contribution in [0.4, 0.5) is 0 Å². The van der Waals surface area contributed by atoms with Crippen molar-refractivity contribution in [2.75, 3.05) is 25.4 Å². The van der Waals surface area contributed by atoms with E-state index in [0.717, 1.165) is 106 Å². The SMILES string of the molecule is CCc1nc2cc3c(c(Br)c2o1)CCN(CCCCSc1nnc(-c2cccc4nc(C)ccc24)n1C)CC3.Cl. The van der Waals surface area contributed by atoms with Crippen molar-refractivity contribution in [1.29, 1.82) is 0 Å². The summed E-state index contributed by atoms with van der Waals surface area (Å²) in [6, 6.07) is 12.6. The summed E-state index contributed by atoms with van der Waals surface area (Å²) in [5, 5.41) is 11.1. The Morgan fingerprint density at radius 3 is 2.73 bits per heavy atom. The Hall–Kier alpha value is -2.46. The van der Waals surface area contributed by atoms with E-state index in [1.54, 1.807) is 11.8 Å². The predicted octanol–water partition coefficient (Wildman–Crippen LogP) is 7.20. The van der Waals surface area contributed by atoms with Gasteiger partial charge in [0.25, 0.3) is 0 Å². The van der Waals surface area contributed by atoms with E-state index >= 15 is 0 Å². The van der Waals surface area contributed by atoms with Crippen LogP contribution in [0, 0.1) is 6.92 Å². The zero-order valence-corrected chi connectivity index (χ0v) is 26.3. The second-order valence-electron chi connectivity index (χ2n) is 10.2. The molecule has 1 aliphatic heterocycles. The first-order valence-corrected chi connectivity index (χ1v) is 15.5. The summed E-state index contributed by atoms with van der Waals surface area (Å²) >= 11 is 5.62. The van der Waals surface area contributed by atoms with E-state index in [4.69, 9.17) is 4.42 Å². The van der Waals surface area contributed by atoms with Gasteiger partial charge in [-0.3, -0.25) is 4.98 Å². The Balaban J connectivity index is 0.00000323. The second-order valence-corrected chi connectivity index (χ2v) is 12.1. The lowest BCUT2D eigenvalue weighted by Crippen LogP contribution is -2.27. The van der Waals surface area contributed by atoms with Crippen LogP contribution >= 0.6 is 40.1 Å². The number of aromatic nitrogens is 5. The number of rotatable bonds is 8. The van der Waals surface area contributed by atoms with Crippen molar-refractivity contribution in [3.05, 3.63) is 63.6 Å². The number of benzene rings is 2. The van der Waals surface area contributed by atoms with Crippen LogP contribution in [-0.4, -0.2) is 55.0 Å². The molecule has 4 heterocycles. The van der Waals surface area contributed by atoms with Crippen LogP contribution < -0.4 is 0 Å². The number of unbranched alkanes of at least 4 members (excludes halogenated alkanes) is 1. The molecule has 0 atom stereocenters. The second kappa shape index (κ2) is 12.6. The molecule has 0 aliphatic carbocycles. The first-order valence-electron chi connectivity index (χ1n) is 13.7. The van der Waals surface area contributed by atoms with Gasteiger partial charge in [0.15, 0.2) is 22.5 Å². The van der Waals surface area contributed by atoms with E-state index < -0.39 is 0 Å². The molecule has 0 radical (unpaired) electrons. The molecule has 210 valence electrons. The van der Waals surface area contributed by atoms with Crippen LogP contribution in [0.5, 0.6) is 0 Å². The number of thioether (sulfide) groups is 1. The fourth-order valence-electron chi connectivity index (χ4n) is 5.42. The van der Waals surface area contributed by atoms with Crippen LogP contribution in [0.25, 0.3) is 33.4 Å². The molecular weight excluding hydrogens is 608 g/mol. The number of hydrogen-bond donors (Lipinski definition) is 0. The number of halogens is 2. The Labute approximate surface area is 253 Å². The summed E-state index contributed by atoms with van der Waals surface area (Å²) in [5.74, 6) is 2.73. The molecule has 0 saturated heterocycles. The van der Waals surface area contributed by atoms with Crippen LogP contribution in [0.3, 0.4) is 0 Å². The minimum Gasteiger partial charge on any atom is -0.440 e. The van der Waals surface area contributed by atoms with E-state index in [-0.39, 0.29) is 12.4 Å². The zero-order chi connectivity index (χ0) is 26.9. The van der Waals surface area contributed by atoms with Gasteiger partial charge in [-0.05, 0) is 84.4 Å². The molecule has 7 nitrogen and oxygen atoms in total. The minimum absolute atomic E-state index is 0. The fraction of sp³-hybridized carbons (Fsp3) is 0.400. The summed E-state index contributed by atoms with van der Waals surface area (Å²) in [5.41, 5.74) is 7.74. The summed E-state index contributed by atoms with van der Waals surface area (Å²) in [6.07, 6.45) is 5.23. The monoisotopic (exact) mass is 640 g/mol. The van der Waals surface area contributed by atoms with E-state index in [1.165, 1.54) is 17.5 Å². The highest BCUT2D eigenvalue weighted by Gasteiger charge is 2.21. The van der Waals surface area contributed by atoms with Gasteiger partial charge in [-0.2, -0.15) is 0 Å². The summed E-state index contributed by atoms with van der Waals surface area (Å²) in [7, 11) is 2.06. The van der Waals surface area contributed by atoms with Crippen LogP contribution in [-0.2, 0) is 26.3 Å². The molecule has 0 bridgehead atoms. The highest BCUT2D eigenvalue weighted by molar-refractivity contribution is 9.10. The summed E-state index contributed by atoms with van der Waals surface area (Å²) < 4.78 is 9.18. The van der Waals surface area contributed by atoms with Gasteiger partial charge < -0.3 is 13.9 Å². The quantitative estimate of drug-likeness (QED) is 0.131. The lowest BCUT2D eigenvalue weighted by atomic mass is 10.0. The van der Waals surface area contributed by atoms with Crippen LogP contribution in [0.15, 0.2) is 50.4 Å². The van der Waals surface area contributed by atoms with Crippen molar-refractivity contribution < 1.29 is 4.42 Å². The highest BCUT2D eigenvalue weighted by Crippen LogP contribution is 2.34. The third-order valence-electron chi connectivity index (χ3n) is 7.59. The molecule has 0 N–H and O–H groups in total. The van der Waals surface area contributed by atoms with E-state index in [2.05, 4.69) is 89.9 Å². The van der Waals surface area contributed by atoms with E-state index in [1.807, 2.05) is 13.0 Å². The standard InChI is InChI=1S/C30H33BrN6OS.ClH/c1-4-26-33-25-18-20-12-15-37(16-13-21(20)27(31)28(25)38-26)14-5-6-17-39-30-35-34-29(36(30)3)23-8-7-9-24-22(23)11-10-19(2)32-24;/h7-11,18H,4-6,12-17H2,1-3H3;1H. The van der Waals surface area contributed by atoms with Gasteiger partial charge in [0.2, 0.25) is 0 Å². The molecule has 0 saturated carbocycles. The number of nitrogens with zero attached hydrogens (tertiary/aromatic N) is 6. The topological polar surface area (TPSA) is 72.9 Å². The fourth-order valence-corrected chi connectivity index (χ4v) is 7.07. The largest absolute Gasteiger partial charge is 0.440 e. The molecule has 0 unspecified atom stereocenters. The maximum Gasteiger partial charge on any atom is 0.195 e. The minimum atomic E-state index is 0. The van der Waals surface area contributed by atoms with Crippen molar-refractivity contribution in [2.45, 2.75) is 51.1 Å². The van der Waals surface area contributed by atoms with Crippen LogP contribution in [0.2, 0.25) is 0 Å². The summed E-state index contributed by atoms with van der Waals surface area (Å²) in [4.78, 5) is 11.9. The maximum absolute atomic E-state index is 5.98. The van der Waals surface area contributed by atoms with Gasteiger partial charge in [-0.1, -0.05) is 36.9 Å². The first-order chi connectivity index (χ1) is 19.0. The molecule has 40 heavy (non-hydrogen) atoms. The predicted molar refractivity (Wildman–Crippen MR) is 169 cm³/mol. The van der Waals surface area contributed by atoms with Gasteiger partial charge in [-0.15, -0.1) is 22.6 Å². The first kappa shape index (κ1) is 29.0. The molecule has 0 spiro atoms. The molecule has 1 aliphatic rings. The average Bonchev–Trinajstić information content (AvgIpc) is 3.46. The molecule has 10 heteroatoms. The Morgan fingerprint density at radius 2 is 1.88 bits per heavy atom. The molecular formula is C30H34BrClN6OS. The Bertz CT molecular complexity index is 1650. The number of aryl methyl sites for hydroxylation is 2. The number of oxazole rings is 1. The lowest BCUT2D eigenvalue weighted by Gasteiger charge is -2.19. The zero-order valence-electron chi connectivity index (χ0n) is 23.1.